The normalized spacial score (nSPS) is 11.5. The third-order valence-corrected chi connectivity index (χ3v) is 5.27. The molecule has 5 nitrogen and oxygen atoms in total. The highest BCUT2D eigenvalue weighted by Crippen LogP contribution is 2.29. The molecule has 0 amide bonds. The van der Waals surface area contributed by atoms with Gasteiger partial charge in [-0.25, -0.2) is 4.99 Å². The van der Waals surface area contributed by atoms with Gasteiger partial charge in [-0.15, -0.1) is 0 Å². The van der Waals surface area contributed by atoms with Gasteiger partial charge in [0.2, 0.25) is 0 Å². The lowest BCUT2D eigenvalue weighted by Crippen LogP contribution is -2.08. The number of ether oxygens (including phenoxy) is 1. The molecule has 0 aliphatic rings. The molecule has 1 aromatic heterocycles. The molecule has 2 N–H and O–H groups in total. The fourth-order valence-corrected chi connectivity index (χ4v) is 3.34. The van der Waals surface area contributed by atoms with Gasteiger partial charge in [0, 0.05) is 24.6 Å². The fraction of sp³-hybridized carbons (Fsp3) is 0.333. The number of aliphatic imine (C=N–C) groups is 1. The van der Waals surface area contributed by atoms with E-state index in [9.17, 15) is 0 Å². The Kier molecular flexibility index (Phi) is 12.9. The van der Waals surface area contributed by atoms with E-state index in [0.29, 0.717) is 0 Å². The standard InChI is InChI=1S/C21H30N2O.C9H12N2/c1-8-11-19(15(4)5)14-22-16(6)23-20-12-17(9-2)21(24-7)18(10-3)13-20;1-7-5-4-6-9(11-7)8(2)10-3/h8,11-14H,4,9-10H2,1-3,5-7H3,(H,22,23);4-6,10H,2H2,1,3H3/b11-8-,19-14-;. The quantitative estimate of drug-likeness (QED) is 0.228. The topological polar surface area (TPSA) is 58.5 Å². The number of aromatic nitrogens is 1. The van der Waals surface area contributed by atoms with Crippen molar-refractivity contribution >= 4 is 17.2 Å². The van der Waals surface area contributed by atoms with Gasteiger partial charge < -0.3 is 15.4 Å². The molecule has 0 saturated carbocycles. The lowest BCUT2D eigenvalue weighted by atomic mass is 10.0. The molecule has 0 bridgehead atoms. The van der Waals surface area contributed by atoms with Gasteiger partial charge in [-0.05, 0) is 87.1 Å². The van der Waals surface area contributed by atoms with Crippen molar-refractivity contribution in [1.29, 1.82) is 0 Å². The molecule has 35 heavy (non-hydrogen) atoms. The van der Waals surface area contributed by atoms with Gasteiger partial charge in [0.05, 0.1) is 18.5 Å². The van der Waals surface area contributed by atoms with E-state index in [-0.39, 0.29) is 0 Å². The van der Waals surface area contributed by atoms with Crippen molar-refractivity contribution in [2.45, 2.75) is 54.4 Å². The van der Waals surface area contributed by atoms with Crippen LogP contribution in [0.15, 0.2) is 78.0 Å². The van der Waals surface area contributed by atoms with Crippen molar-refractivity contribution in [2.24, 2.45) is 4.99 Å². The molecule has 0 spiro atoms. The third kappa shape index (κ3) is 9.65. The average Bonchev–Trinajstić information content (AvgIpc) is 2.85. The highest BCUT2D eigenvalue weighted by atomic mass is 16.5. The highest BCUT2D eigenvalue weighted by Gasteiger charge is 2.09. The Labute approximate surface area is 212 Å². The van der Waals surface area contributed by atoms with Crippen LogP contribution in [0.25, 0.3) is 5.70 Å². The van der Waals surface area contributed by atoms with Gasteiger partial charge >= 0.3 is 0 Å². The summed E-state index contributed by atoms with van der Waals surface area (Å²) in [6.45, 7) is 20.0. The maximum absolute atomic E-state index is 5.57. The number of rotatable bonds is 9. The van der Waals surface area contributed by atoms with Crippen molar-refractivity contribution in [3.63, 3.8) is 0 Å². The van der Waals surface area contributed by atoms with E-state index in [1.54, 1.807) is 7.11 Å². The van der Waals surface area contributed by atoms with Gasteiger partial charge in [0.1, 0.15) is 11.6 Å². The average molecular weight is 475 g/mol. The number of pyridine rings is 1. The lowest BCUT2D eigenvalue weighted by Gasteiger charge is -2.15. The molecule has 1 aromatic carbocycles. The van der Waals surface area contributed by atoms with Gasteiger partial charge in [-0.2, -0.15) is 0 Å². The van der Waals surface area contributed by atoms with Crippen LogP contribution in [-0.4, -0.2) is 25.0 Å². The van der Waals surface area contributed by atoms with E-state index >= 15 is 0 Å². The first kappa shape index (κ1) is 29.4. The van der Waals surface area contributed by atoms with Crippen molar-refractivity contribution in [3.05, 3.63) is 95.5 Å². The van der Waals surface area contributed by atoms with Crippen LogP contribution in [-0.2, 0) is 12.8 Å². The number of benzene rings is 1. The molecule has 1 heterocycles. The molecule has 0 fully saturated rings. The predicted octanol–water partition coefficient (Wildman–Crippen LogP) is 7.27. The van der Waals surface area contributed by atoms with Gasteiger partial charge in [-0.1, -0.05) is 45.2 Å². The van der Waals surface area contributed by atoms with Gasteiger partial charge in [0.25, 0.3) is 0 Å². The second kappa shape index (κ2) is 15.3. The number of hydrogen-bond donors (Lipinski definition) is 2. The van der Waals surface area contributed by atoms with Crippen LogP contribution >= 0.6 is 0 Å². The zero-order valence-electron chi connectivity index (χ0n) is 22.7. The number of allylic oxidation sites excluding steroid dienone is 4. The minimum absolute atomic E-state index is 0.840. The minimum Gasteiger partial charge on any atom is -0.496 e. The van der Waals surface area contributed by atoms with Crippen molar-refractivity contribution in [3.8, 4) is 5.75 Å². The summed E-state index contributed by atoms with van der Waals surface area (Å²) in [5.41, 5.74) is 8.26. The Morgan fingerprint density at radius 1 is 1.11 bits per heavy atom. The van der Waals surface area contributed by atoms with E-state index in [2.05, 4.69) is 59.7 Å². The van der Waals surface area contributed by atoms with Crippen LogP contribution in [0, 0.1) is 6.92 Å². The van der Waals surface area contributed by atoms with Crippen molar-refractivity contribution in [1.82, 2.24) is 10.3 Å². The Hall–Kier alpha value is -3.60. The Morgan fingerprint density at radius 3 is 2.20 bits per heavy atom. The maximum atomic E-state index is 5.57. The van der Waals surface area contributed by atoms with Crippen LogP contribution < -0.4 is 15.4 Å². The number of anilines is 1. The molecule has 188 valence electrons. The first-order valence-corrected chi connectivity index (χ1v) is 12.0. The molecular formula is C30H42N4O. The van der Waals surface area contributed by atoms with Crippen LogP contribution in [0.3, 0.4) is 0 Å². The summed E-state index contributed by atoms with van der Waals surface area (Å²) in [5.74, 6) is 1.84. The second-order valence-corrected chi connectivity index (χ2v) is 8.13. The number of aryl methyl sites for hydroxylation is 3. The maximum Gasteiger partial charge on any atom is 0.125 e. The number of nitrogens with zero attached hydrogens (tertiary/aromatic N) is 2. The Bertz CT molecular complexity index is 1070. The largest absolute Gasteiger partial charge is 0.496 e. The van der Waals surface area contributed by atoms with Gasteiger partial charge in [0.15, 0.2) is 0 Å². The lowest BCUT2D eigenvalue weighted by molar-refractivity contribution is 0.405. The molecule has 0 unspecified atom stereocenters. The summed E-state index contributed by atoms with van der Waals surface area (Å²) in [5, 5.41) is 6.33. The first-order chi connectivity index (χ1) is 16.7. The Morgan fingerprint density at radius 2 is 1.74 bits per heavy atom. The fourth-order valence-electron chi connectivity index (χ4n) is 3.34. The summed E-state index contributed by atoms with van der Waals surface area (Å²) < 4.78 is 5.57. The number of methoxy groups -OCH3 is 1. The summed E-state index contributed by atoms with van der Waals surface area (Å²) in [4.78, 5) is 8.80. The van der Waals surface area contributed by atoms with Crippen molar-refractivity contribution in [2.75, 3.05) is 19.5 Å². The zero-order valence-corrected chi connectivity index (χ0v) is 22.7. The SMILES string of the molecule is C=C(C)C(/C=C\C)=C\N=C(C)Nc1cc(CC)c(OC)c(CC)c1.C=C(NC)c1cccc(C)n1. The van der Waals surface area contributed by atoms with E-state index in [1.165, 1.54) is 11.1 Å². The van der Waals surface area contributed by atoms with Crippen LogP contribution in [0.2, 0.25) is 0 Å². The molecule has 0 atom stereocenters. The summed E-state index contributed by atoms with van der Waals surface area (Å²) >= 11 is 0. The summed E-state index contributed by atoms with van der Waals surface area (Å²) in [7, 11) is 3.57. The first-order valence-electron chi connectivity index (χ1n) is 12.0. The van der Waals surface area contributed by atoms with E-state index in [0.717, 1.165) is 58.3 Å². The summed E-state index contributed by atoms with van der Waals surface area (Å²) in [6, 6.07) is 10.1. The third-order valence-electron chi connectivity index (χ3n) is 5.27. The van der Waals surface area contributed by atoms with Crippen LogP contribution in [0.4, 0.5) is 5.69 Å². The van der Waals surface area contributed by atoms with Crippen molar-refractivity contribution < 1.29 is 4.74 Å². The molecular weight excluding hydrogens is 432 g/mol. The van der Waals surface area contributed by atoms with E-state index in [4.69, 9.17) is 4.74 Å². The van der Waals surface area contributed by atoms with Crippen LogP contribution in [0.5, 0.6) is 5.75 Å². The molecule has 2 aromatic rings. The number of amidine groups is 1. The van der Waals surface area contributed by atoms with E-state index in [1.807, 2.05) is 71.3 Å². The molecule has 0 aliphatic heterocycles. The second-order valence-electron chi connectivity index (χ2n) is 8.13. The number of nitrogens with one attached hydrogen (secondary N) is 2. The molecule has 0 saturated heterocycles. The number of hydrogen-bond acceptors (Lipinski definition) is 4. The van der Waals surface area contributed by atoms with E-state index < -0.39 is 0 Å². The molecule has 0 aliphatic carbocycles. The monoisotopic (exact) mass is 474 g/mol. The smallest absolute Gasteiger partial charge is 0.125 e. The minimum atomic E-state index is 0.840. The van der Waals surface area contributed by atoms with Gasteiger partial charge in [-0.3, -0.25) is 4.98 Å². The highest BCUT2D eigenvalue weighted by molar-refractivity contribution is 5.94. The summed E-state index contributed by atoms with van der Waals surface area (Å²) in [6.07, 6.45) is 7.71. The Balaban J connectivity index is 0.000000462. The van der Waals surface area contributed by atoms with Crippen LogP contribution in [0.1, 0.15) is 57.1 Å². The molecule has 2 rings (SSSR count). The predicted molar refractivity (Wildman–Crippen MR) is 153 cm³/mol. The molecule has 5 heteroatoms. The zero-order chi connectivity index (χ0) is 26.4. The molecule has 0 radical (unpaired) electrons.